The van der Waals surface area contributed by atoms with Crippen LogP contribution in [-0.2, 0) is 11.3 Å². The molecule has 2 aromatic rings. The topological polar surface area (TPSA) is 80.3 Å². The second-order valence-corrected chi connectivity index (χ2v) is 8.38. The molecule has 0 bridgehead atoms. The number of halogens is 1. The van der Waals surface area contributed by atoms with Gasteiger partial charge in [-0.25, -0.2) is 0 Å². The summed E-state index contributed by atoms with van der Waals surface area (Å²) in [7, 11) is 4.73. The van der Waals surface area contributed by atoms with Gasteiger partial charge in [0.1, 0.15) is 6.04 Å². The average molecular weight is 490 g/mol. The van der Waals surface area contributed by atoms with Gasteiger partial charge in [0.05, 0.1) is 32.6 Å². The Hall–Kier alpha value is -2.78. The zero-order chi connectivity index (χ0) is 22.1. The summed E-state index contributed by atoms with van der Waals surface area (Å²) >= 11 is 3.41. The SMILES string of the molecule is COc1cc(CN2CCN3C(=O)c4cc(Br)ccc4NC(=O)C3C2)cc(OC)c1OC. The first-order valence-electron chi connectivity index (χ1n) is 9.87. The molecule has 0 saturated carbocycles. The van der Waals surface area contributed by atoms with Crippen molar-refractivity contribution in [2.75, 3.05) is 46.3 Å². The molecule has 0 aliphatic carbocycles. The van der Waals surface area contributed by atoms with E-state index in [9.17, 15) is 9.59 Å². The maximum atomic E-state index is 13.1. The van der Waals surface area contributed by atoms with Crippen molar-refractivity contribution in [3.8, 4) is 17.2 Å². The van der Waals surface area contributed by atoms with E-state index in [1.807, 2.05) is 18.2 Å². The molecule has 1 unspecified atom stereocenters. The van der Waals surface area contributed by atoms with Gasteiger partial charge in [0.2, 0.25) is 11.7 Å². The third kappa shape index (κ3) is 4.07. The molecule has 1 fully saturated rings. The Bertz CT molecular complexity index is 1000. The van der Waals surface area contributed by atoms with E-state index >= 15 is 0 Å². The Morgan fingerprint density at radius 2 is 1.74 bits per heavy atom. The Kier molecular flexibility index (Phi) is 6.06. The van der Waals surface area contributed by atoms with Crippen molar-refractivity contribution in [3.63, 3.8) is 0 Å². The molecule has 2 aliphatic rings. The van der Waals surface area contributed by atoms with E-state index in [0.717, 1.165) is 10.0 Å². The summed E-state index contributed by atoms with van der Waals surface area (Å²) in [6.45, 7) is 2.13. The number of carbonyl (C=O) groups excluding carboxylic acids is 2. The molecule has 2 aromatic carbocycles. The first-order chi connectivity index (χ1) is 14.9. The van der Waals surface area contributed by atoms with Crippen molar-refractivity contribution in [1.82, 2.24) is 9.80 Å². The number of nitrogens with zero attached hydrogens (tertiary/aromatic N) is 2. The fourth-order valence-electron chi connectivity index (χ4n) is 4.11. The summed E-state index contributed by atoms with van der Waals surface area (Å²) in [5.41, 5.74) is 2.02. The molecule has 31 heavy (non-hydrogen) atoms. The number of benzene rings is 2. The van der Waals surface area contributed by atoms with Crippen molar-refractivity contribution < 1.29 is 23.8 Å². The molecule has 1 saturated heterocycles. The molecular weight excluding hydrogens is 466 g/mol. The summed E-state index contributed by atoms with van der Waals surface area (Å²) in [6, 6.07) is 8.56. The highest BCUT2D eigenvalue weighted by Gasteiger charge is 2.39. The largest absolute Gasteiger partial charge is 0.493 e. The van der Waals surface area contributed by atoms with Gasteiger partial charge in [-0.05, 0) is 35.9 Å². The van der Waals surface area contributed by atoms with Crippen LogP contribution >= 0.6 is 15.9 Å². The number of carbonyl (C=O) groups is 2. The number of methoxy groups -OCH3 is 3. The van der Waals surface area contributed by atoms with Gasteiger partial charge in [-0.1, -0.05) is 15.9 Å². The lowest BCUT2D eigenvalue weighted by atomic mass is 10.1. The van der Waals surface area contributed by atoms with E-state index in [1.54, 1.807) is 38.4 Å². The van der Waals surface area contributed by atoms with Crippen molar-refractivity contribution in [2.45, 2.75) is 12.6 Å². The summed E-state index contributed by atoms with van der Waals surface area (Å²) in [4.78, 5) is 29.9. The lowest BCUT2D eigenvalue weighted by Gasteiger charge is -2.39. The van der Waals surface area contributed by atoms with Crippen LogP contribution in [0.2, 0.25) is 0 Å². The smallest absolute Gasteiger partial charge is 0.256 e. The van der Waals surface area contributed by atoms with Gasteiger partial charge in [-0.3, -0.25) is 14.5 Å². The summed E-state index contributed by atoms with van der Waals surface area (Å²) in [5.74, 6) is 1.39. The molecule has 2 aliphatic heterocycles. The molecule has 0 aromatic heterocycles. The van der Waals surface area contributed by atoms with E-state index in [4.69, 9.17) is 14.2 Å². The number of anilines is 1. The second-order valence-electron chi connectivity index (χ2n) is 7.46. The third-order valence-corrected chi connectivity index (χ3v) is 6.12. The lowest BCUT2D eigenvalue weighted by molar-refractivity contribution is -0.122. The van der Waals surface area contributed by atoms with Crippen LogP contribution in [0, 0.1) is 0 Å². The van der Waals surface area contributed by atoms with Crippen LogP contribution < -0.4 is 19.5 Å². The van der Waals surface area contributed by atoms with E-state index in [0.29, 0.717) is 54.7 Å². The van der Waals surface area contributed by atoms with E-state index in [1.165, 1.54) is 0 Å². The molecule has 9 heteroatoms. The zero-order valence-electron chi connectivity index (χ0n) is 17.6. The number of hydrogen-bond acceptors (Lipinski definition) is 6. The minimum atomic E-state index is -0.561. The van der Waals surface area contributed by atoms with Crippen LogP contribution in [0.5, 0.6) is 17.2 Å². The monoisotopic (exact) mass is 489 g/mol. The molecule has 2 heterocycles. The number of nitrogens with one attached hydrogen (secondary N) is 1. The van der Waals surface area contributed by atoms with Crippen molar-refractivity contribution in [1.29, 1.82) is 0 Å². The van der Waals surface area contributed by atoms with Crippen molar-refractivity contribution in [2.24, 2.45) is 0 Å². The predicted octanol–water partition coefficient (Wildman–Crippen LogP) is 2.75. The predicted molar refractivity (Wildman–Crippen MR) is 119 cm³/mol. The number of fused-ring (bicyclic) bond motifs is 2. The fourth-order valence-corrected chi connectivity index (χ4v) is 4.47. The molecule has 0 radical (unpaired) electrons. The maximum Gasteiger partial charge on any atom is 0.256 e. The lowest BCUT2D eigenvalue weighted by Crippen LogP contribution is -2.58. The first-order valence-corrected chi connectivity index (χ1v) is 10.7. The molecule has 2 amide bonds. The third-order valence-electron chi connectivity index (χ3n) is 5.63. The van der Waals surface area contributed by atoms with Gasteiger partial charge in [0, 0.05) is 30.7 Å². The summed E-state index contributed by atoms with van der Waals surface area (Å²) in [5, 5.41) is 2.91. The fraction of sp³-hybridized carbons (Fsp3) is 0.364. The number of ether oxygens (including phenoxy) is 3. The van der Waals surface area contributed by atoms with Crippen molar-refractivity contribution >= 4 is 33.4 Å². The first kappa shape index (κ1) is 21.5. The second kappa shape index (κ2) is 8.76. The number of rotatable bonds is 5. The highest BCUT2D eigenvalue weighted by atomic mass is 79.9. The van der Waals surface area contributed by atoms with E-state index in [2.05, 4.69) is 26.1 Å². The standard InChI is InChI=1S/C22H24BrN3O5/c1-29-18-8-13(9-19(30-2)20(18)31-3)11-25-6-7-26-17(12-25)21(27)24-16-5-4-14(23)10-15(16)22(26)28/h4-5,8-10,17H,6-7,11-12H2,1-3H3,(H,24,27). The van der Waals surface area contributed by atoms with Crippen molar-refractivity contribution in [3.05, 3.63) is 45.9 Å². The number of piperazine rings is 1. The molecule has 8 nitrogen and oxygen atoms in total. The Balaban J connectivity index is 1.56. The minimum Gasteiger partial charge on any atom is -0.493 e. The summed E-state index contributed by atoms with van der Waals surface area (Å²) in [6.07, 6.45) is 0. The molecular formula is C22H24BrN3O5. The van der Waals surface area contributed by atoms with Crippen LogP contribution in [0.1, 0.15) is 15.9 Å². The number of amides is 2. The van der Waals surface area contributed by atoms with Crippen LogP contribution in [0.15, 0.2) is 34.8 Å². The Morgan fingerprint density at radius 3 is 2.39 bits per heavy atom. The normalized spacial score (nSPS) is 18.6. The molecule has 1 atom stereocenters. The van der Waals surface area contributed by atoms with E-state index < -0.39 is 6.04 Å². The Morgan fingerprint density at radius 1 is 1.03 bits per heavy atom. The molecule has 164 valence electrons. The highest BCUT2D eigenvalue weighted by Crippen LogP contribution is 2.38. The Labute approximate surface area is 189 Å². The highest BCUT2D eigenvalue weighted by molar-refractivity contribution is 9.10. The van der Waals surface area contributed by atoms with Gasteiger partial charge in [0.15, 0.2) is 11.5 Å². The number of hydrogen-bond donors (Lipinski definition) is 1. The van der Waals surface area contributed by atoms with Gasteiger partial charge in [0.25, 0.3) is 5.91 Å². The van der Waals surface area contributed by atoms with E-state index in [-0.39, 0.29) is 11.8 Å². The summed E-state index contributed by atoms with van der Waals surface area (Å²) < 4.78 is 17.1. The minimum absolute atomic E-state index is 0.132. The molecule has 0 spiro atoms. The quantitative estimate of drug-likeness (QED) is 0.695. The van der Waals surface area contributed by atoms with Gasteiger partial charge in [-0.2, -0.15) is 0 Å². The van der Waals surface area contributed by atoms with Gasteiger partial charge in [-0.15, -0.1) is 0 Å². The molecule has 1 N–H and O–H groups in total. The molecule has 4 rings (SSSR count). The zero-order valence-corrected chi connectivity index (χ0v) is 19.2. The van der Waals surface area contributed by atoms with Gasteiger partial charge < -0.3 is 24.4 Å². The van der Waals surface area contributed by atoms with Crippen LogP contribution in [0.3, 0.4) is 0 Å². The van der Waals surface area contributed by atoms with Crippen LogP contribution in [-0.4, -0.2) is 68.6 Å². The van der Waals surface area contributed by atoms with Crippen LogP contribution in [0.4, 0.5) is 5.69 Å². The van der Waals surface area contributed by atoms with Crippen LogP contribution in [0.25, 0.3) is 0 Å². The average Bonchev–Trinajstić information content (AvgIpc) is 2.87. The van der Waals surface area contributed by atoms with Gasteiger partial charge >= 0.3 is 0 Å². The maximum absolute atomic E-state index is 13.1.